The normalized spacial score (nSPS) is 22.8. The molecule has 1 aromatic carbocycles. The molecule has 1 heterocycles. The summed E-state index contributed by atoms with van der Waals surface area (Å²) in [6.07, 6.45) is 7.49. The lowest BCUT2D eigenvalue weighted by Crippen LogP contribution is -2.52. The summed E-state index contributed by atoms with van der Waals surface area (Å²) in [5, 5.41) is 4.24. The molecule has 2 aliphatic rings. The van der Waals surface area contributed by atoms with Crippen LogP contribution in [0, 0.1) is 5.82 Å². The van der Waals surface area contributed by atoms with E-state index in [9.17, 15) is 4.39 Å². The van der Waals surface area contributed by atoms with Crippen molar-refractivity contribution < 1.29 is 4.39 Å². The third-order valence-corrected chi connectivity index (χ3v) is 4.84. The molecule has 1 aliphatic carbocycles. The van der Waals surface area contributed by atoms with Gasteiger partial charge in [0.05, 0.1) is 0 Å². The summed E-state index contributed by atoms with van der Waals surface area (Å²) in [6.45, 7) is 2.99. The molecular weight excluding hydrogens is 275 g/mol. The summed E-state index contributed by atoms with van der Waals surface area (Å²) in [5.74, 6) is -0.248. The zero-order chi connectivity index (χ0) is 14.0. The fourth-order valence-electron chi connectivity index (χ4n) is 3.63. The molecule has 20 heavy (non-hydrogen) atoms. The minimum Gasteiger partial charge on any atom is -0.370 e. The molecule has 1 saturated carbocycles. The monoisotopic (exact) mass is 296 g/mol. The zero-order valence-corrected chi connectivity index (χ0v) is 12.6. The second-order valence-electron chi connectivity index (χ2n) is 6.17. The fourth-order valence-corrected chi connectivity index (χ4v) is 3.85. The van der Waals surface area contributed by atoms with E-state index in [0.29, 0.717) is 5.02 Å². The summed E-state index contributed by atoms with van der Waals surface area (Å²) in [4.78, 5) is 2.31. The van der Waals surface area contributed by atoms with Gasteiger partial charge in [0.2, 0.25) is 0 Å². The number of halogens is 2. The lowest BCUT2D eigenvalue weighted by atomic mass is 9.81. The average molecular weight is 297 g/mol. The number of hydrogen-bond donors (Lipinski definition) is 1. The Kier molecular flexibility index (Phi) is 4.18. The molecule has 0 radical (unpaired) electrons. The summed E-state index contributed by atoms with van der Waals surface area (Å²) in [5.41, 5.74) is 1.14. The first kappa shape index (κ1) is 14.2. The maximum Gasteiger partial charge on any atom is 0.126 e. The van der Waals surface area contributed by atoms with Crippen LogP contribution in [-0.4, -0.2) is 25.2 Å². The van der Waals surface area contributed by atoms with Gasteiger partial charge in [0.15, 0.2) is 0 Å². The maximum atomic E-state index is 13.6. The summed E-state index contributed by atoms with van der Waals surface area (Å²) < 4.78 is 13.6. The molecule has 0 unspecified atom stereocenters. The summed E-state index contributed by atoms with van der Waals surface area (Å²) >= 11 is 6.01. The smallest absolute Gasteiger partial charge is 0.126 e. The van der Waals surface area contributed by atoms with Crippen molar-refractivity contribution in [2.45, 2.75) is 44.1 Å². The van der Waals surface area contributed by atoms with E-state index in [1.165, 1.54) is 38.2 Å². The van der Waals surface area contributed by atoms with Crippen LogP contribution in [0.15, 0.2) is 18.2 Å². The fraction of sp³-hybridized carbons (Fsp3) is 0.625. The molecule has 1 spiro atoms. The van der Waals surface area contributed by atoms with Crippen LogP contribution in [0.1, 0.15) is 38.5 Å². The minimum atomic E-state index is -0.248. The molecule has 4 heteroatoms. The van der Waals surface area contributed by atoms with E-state index in [1.807, 2.05) is 6.07 Å². The lowest BCUT2D eigenvalue weighted by molar-refractivity contribution is 0.246. The summed E-state index contributed by atoms with van der Waals surface area (Å²) in [6, 6.07) is 4.86. The van der Waals surface area contributed by atoms with Gasteiger partial charge in [-0.15, -0.1) is 0 Å². The van der Waals surface area contributed by atoms with Crippen LogP contribution in [0.4, 0.5) is 10.1 Å². The number of nitrogens with one attached hydrogen (secondary N) is 1. The minimum absolute atomic E-state index is 0.216. The van der Waals surface area contributed by atoms with E-state index in [1.54, 1.807) is 6.07 Å². The highest BCUT2D eigenvalue weighted by atomic mass is 35.5. The van der Waals surface area contributed by atoms with Crippen LogP contribution in [0.2, 0.25) is 5.02 Å². The molecule has 0 aromatic heterocycles. The predicted molar refractivity (Wildman–Crippen MR) is 82.1 cm³/mol. The van der Waals surface area contributed by atoms with Crippen molar-refractivity contribution in [2.24, 2.45) is 0 Å². The van der Waals surface area contributed by atoms with Crippen LogP contribution in [0.25, 0.3) is 0 Å². The molecule has 1 aliphatic heterocycles. The zero-order valence-electron chi connectivity index (χ0n) is 11.8. The number of nitrogens with zero attached hydrogens (tertiary/aromatic N) is 1. The van der Waals surface area contributed by atoms with Gasteiger partial charge in [0.1, 0.15) is 5.82 Å². The van der Waals surface area contributed by atoms with E-state index in [-0.39, 0.29) is 11.4 Å². The molecule has 0 atom stereocenters. The number of anilines is 1. The first-order valence-electron chi connectivity index (χ1n) is 7.63. The van der Waals surface area contributed by atoms with Crippen molar-refractivity contribution in [2.75, 3.05) is 24.5 Å². The first-order valence-corrected chi connectivity index (χ1v) is 8.01. The van der Waals surface area contributed by atoms with Crippen molar-refractivity contribution in [3.63, 3.8) is 0 Å². The van der Waals surface area contributed by atoms with Crippen LogP contribution in [0.3, 0.4) is 0 Å². The molecule has 2 fully saturated rings. The molecule has 2 nitrogen and oxygen atoms in total. The number of benzene rings is 1. The topological polar surface area (TPSA) is 15.3 Å². The van der Waals surface area contributed by atoms with Crippen LogP contribution in [0.5, 0.6) is 0 Å². The first-order chi connectivity index (χ1) is 9.67. The van der Waals surface area contributed by atoms with Gasteiger partial charge in [-0.25, -0.2) is 4.39 Å². The van der Waals surface area contributed by atoms with E-state index in [4.69, 9.17) is 11.6 Å². The van der Waals surface area contributed by atoms with Gasteiger partial charge < -0.3 is 10.2 Å². The van der Waals surface area contributed by atoms with Crippen molar-refractivity contribution in [3.05, 3.63) is 29.0 Å². The van der Waals surface area contributed by atoms with Gasteiger partial charge in [-0.1, -0.05) is 30.9 Å². The van der Waals surface area contributed by atoms with Crippen molar-refractivity contribution in [1.82, 2.24) is 5.32 Å². The SMILES string of the molecule is Fc1cc(Cl)cc(N2CCCNC3(CCCCC3)C2)c1. The third-order valence-electron chi connectivity index (χ3n) is 4.62. The van der Waals surface area contributed by atoms with E-state index < -0.39 is 0 Å². The van der Waals surface area contributed by atoms with E-state index in [0.717, 1.165) is 31.7 Å². The Bertz CT molecular complexity index is 451. The van der Waals surface area contributed by atoms with Gasteiger partial charge >= 0.3 is 0 Å². The van der Waals surface area contributed by atoms with Crippen molar-refractivity contribution in [1.29, 1.82) is 0 Å². The largest absolute Gasteiger partial charge is 0.370 e. The highest BCUT2D eigenvalue weighted by Crippen LogP contribution is 2.32. The van der Waals surface area contributed by atoms with Gasteiger partial charge in [0.25, 0.3) is 0 Å². The highest BCUT2D eigenvalue weighted by Gasteiger charge is 2.35. The molecular formula is C16H22ClFN2. The Morgan fingerprint density at radius 2 is 1.90 bits per heavy atom. The maximum absolute atomic E-state index is 13.6. The molecule has 1 N–H and O–H groups in total. The van der Waals surface area contributed by atoms with E-state index in [2.05, 4.69) is 10.2 Å². The van der Waals surface area contributed by atoms with Crippen LogP contribution >= 0.6 is 11.6 Å². The van der Waals surface area contributed by atoms with Gasteiger partial charge in [-0.3, -0.25) is 0 Å². The second-order valence-corrected chi connectivity index (χ2v) is 6.61. The lowest BCUT2D eigenvalue weighted by Gasteiger charge is -2.40. The second kappa shape index (κ2) is 5.90. The van der Waals surface area contributed by atoms with Gasteiger partial charge in [-0.05, 0) is 44.0 Å². The Labute approximate surface area is 125 Å². The standard InChI is InChI=1S/C16H22ClFN2/c17-13-9-14(18)11-15(10-13)20-8-4-7-19-16(12-20)5-2-1-3-6-16/h9-11,19H,1-8,12H2. The third kappa shape index (κ3) is 3.09. The van der Waals surface area contributed by atoms with Crippen molar-refractivity contribution in [3.8, 4) is 0 Å². The van der Waals surface area contributed by atoms with Gasteiger partial charge in [0, 0.05) is 29.3 Å². The molecule has 110 valence electrons. The Hall–Kier alpha value is -0.800. The Morgan fingerprint density at radius 1 is 1.10 bits per heavy atom. The molecule has 0 amide bonds. The predicted octanol–water partition coefficient (Wildman–Crippen LogP) is 3.98. The molecule has 1 saturated heterocycles. The Morgan fingerprint density at radius 3 is 2.65 bits per heavy atom. The summed E-state index contributed by atoms with van der Waals surface area (Å²) in [7, 11) is 0. The van der Waals surface area contributed by atoms with Crippen LogP contribution < -0.4 is 10.2 Å². The number of rotatable bonds is 1. The quantitative estimate of drug-likeness (QED) is 0.843. The highest BCUT2D eigenvalue weighted by molar-refractivity contribution is 6.30. The van der Waals surface area contributed by atoms with Gasteiger partial charge in [-0.2, -0.15) is 0 Å². The molecule has 0 bridgehead atoms. The molecule has 1 aromatic rings. The Balaban J connectivity index is 1.84. The number of hydrogen-bond acceptors (Lipinski definition) is 2. The van der Waals surface area contributed by atoms with Crippen LogP contribution in [-0.2, 0) is 0 Å². The average Bonchev–Trinajstić information content (AvgIpc) is 2.62. The van der Waals surface area contributed by atoms with Crippen molar-refractivity contribution >= 4 is 17.3 Å². The molecule has 3 rings (SSSR count). The van der Waals surface area contributed by atoms with E-state index >= 15 is 0 Å².